The molecule has 116 valence electrons. The van der Waals surface area contributed by atoms with Crippen LogP contribution in [0.25, 0.3) is 6.08 Å². The fraction of sp³-hybridized carbons (Fsp3) is 0.158. The maximum absolute atomic E-state index is 12.0. The topological polar surface area (TPSA) is 41.5 Å². The van der Waals surface area contributed by atoms with Crippen molar-refractivity contribution in [3.8, 4) is 0 Å². The van der Waals surface area contributed by atoms with Crippen molar-refractivity contribution in [2.24, 2.45) is 4.99 Å². The highest BCUT2D eigenvalue weighted by Crippen LogP contribution is 2.16. The lowest BCUT2D eigenvalue weighted by Crippen LogP contribution is -2.24. The van der Waals surface area contributed by atoms with E-state index in [0.717, 1.165) is 22.6 Å². The number of aryl methyl sites for hydroxylation is 2. The van der Waals surface area contributed by atoms with Crippen molar-refractivity contribution in [2.45, 2.75) is 19.8 Å². The average Bonchev–Trinajstić information content (AvgIpc) is 2.87. The summed E-state index contributed by atoms with van der Waals surface area (Å²) in [4.78, 5) is 16.4. The highest BCUT2D eigenvalue weighted by atomic mass is 35.5. The lowest BCUT2D eigenvalue weighted by Gasteiger charge is -2.01. The fourth-order valence-electron chi connectivity index (χ4n) is 2.47. The third-order valence-corrected chi connectivity index (χ3v) is 3.91. The van der Waals surface area contributed by atoms with Gasteiger partial charge in [0.05, 0.1) is 0 Å². The van der Waals surface area contributed by atoms with Gasteiger partial charge in [-0.3, -0.25) is 4.79 Å². The molecule has 0 aliphatic carbocycles. The number of halogens is 1. The molecule has 1 N–H and O–H groups in total. The molecule has 0 atom stereocenters. The fourth-order valence-corrected chi connectivity index (χ4v) is 2.59. The van der Waals surface area contributed by atoms with Crippen LogP contribution in [0.5, 0.6) is 0 Å². The number of nitrogens with one attached hydrogen (secondary N) is 1. The Morgan fingerprint density at radius 1 is 1.13 bits per heavy atom. The zero-order chi connectivity index (χ0) is 16.2. The Bertz CT molecular complexity index is 791. The number of carbonyl (C=O) groups excluding carboxylic acids is 1. The van der Waals surface area contributed by atoms with E-state index in [1.165, 1.54) is 5.56 Å². The smallest absolute Gasteiger partial charge is 0.275 e. The molecule has 3 nitrogen and oxygen atoms in total. The molecule has 0 fully saturated rings. The highest BCUT2D eigenvalue weighted by Gasteiger charge is 2.19. The van der Waals surface area contributed by atoms with Crippen LogP contribution in [0.4, 0.5) is 0 Å². The minimum Gasteiger partial charge on any atom is -0.309 e. The van der Waals surface area contributed by atoms with E-state index in [4.69, 9.17) is 11.6 Å². The molecule has 1 aliphatic rings. The van der Waals surface area contributed by atoms with Crippen LogP contribution in [0.1, 0.15) is 23.1 Å². The molecule has 23 heavy (non-hydrogen) atoms. The molecular weight excluding hydrogens is 308 g/mol. The van der Waals surface area contributed by atoms with E-state index in [-0.39, 0.29) is 5.91 Å². The molecule has 1 heterocycles. The van der Waals surface area contributed by atoms with Crippen LogP contribution in [0.3, 0.4) is 0 Å². The van der Waals surface area contributed by atoms with Crippen LogP contribution in [0.15, 0.2) is 59.2 Å². The minimum absolute atomic E-state index is 0.141. The normalized spacial score (nSPS) is 15.7. The lowest BCUT2D eigenvalue weighted by molar-refractivity contribution is -0.115. The molecule has 2 aromatic carbocycles. The van der Waals surface area contributed by atoms with Gasteiger partial charge in [0.15, 0.2) is 0 Å². The Kier molecular flexibility index (Phi) is 4.58. The predicted octanol–water partition coefficient (Wildman–Crippen LogP) is 4.15. The molecule has 0 unspecified atom stereocenters. The monoisotopic (exact) mass is 324 g/mol. The zero-order valence-electron chi connectivity index (χ0n) is 12.8. The van der Waals surface area contributed by atoms with Gasteiger partial charge in [-0.1, -0.05) is 53.6 Å². The summed E-state index contributed by atoms with van der Waals surface area (Å²) in [6, 6.07) is 15.7. The molecule has 0 saturated carbocycles. The Morgan fingerprint density at radius 3 is 2.65 bits per heavy atom. The summed E-state index contributed by atoms with van der Waals surface area (Å²) in [7, 11) is 0. The highest BCUT2D eigenvalue weighted by molar-refractivity contribution is 6.30. The third-order valence-electron chi connectivity index (χ3n) is 3.66. The molecule has 0 aromatic heterocycles. The summed E-state index contributed by atoms with van der Waals surface area (Å²) < 4.78 is 0. The van der Waals surface area contributed by atoms with E-state index in [0.29, 0.717) is 18.0 Å². The van der Waals surface area contributed by atoms with E-state index >= 15 is 0 Å². The van der Waals surface area contributed by atoms with E-state index < -0.39 is 0 Å². The van der Waals surface area contributed by atoms with Gasteiger partial charge >= 0.3 is 0 Å². The standard InChI is InChI=1S/C19H17ClN2O/c1-13-3-2-4-15(11-13)12-17-19(23)22-18(21-17)10-7-14-5-8-16(20)9-6-14/h2-6,8-9,11-12H,7,10H2,1H3,(H,21,22,23)/b17-12+. The second-order valence-corrected chi connectivity index (χ2v) is 6.02. The van der Waals surface area contributed by atoms with Crippen molar-refractivity contribution in [3.63, 3.8) is 0 Å². The van der Waals surface area contributed by atoms with E-state index in [2.05, 4.69) is 10.3 Å². The third kappa shape index (κ3) is 4.08. The first-order chi connectivity index (χ1) is 11.1. The van der Waals surface area contributed by atoms with Crippen LogP contribution in [0.2, 0.25) is 5.02 Å². The van der Waals surface area contributed by atoms with Gasteiger partial charge in [-0.05, 0) is 42.7 Å². The van der Waals surface area contributed by atoms with Gasteiger partial charge in [-0.2, -0.15) is 0 Å². The maximum Gasteiger partial charge on any atom is 0.275 e. The van der Waals surface area contributed by atoms with Gasteiger partial charge in [0.2, 0.25) is 0 Å². The van der Waals surface area contributed by atoms with E-state index in [9.17, 15) is 4.79 Å². The quantitative estimate of drug-likeness (QED) is 0.843. The number of amidine groups is 1. The van der Waals surface area contributed by atoms with Crippen LogP contribution < -0.4 is 5.32 Å². The van der Waals surface area contributed by atoms with Crippen molar-refractivity contribution >= 4 is 29.4 Å². The van der Waals surface area contributed by atoms with Crippen molar-refractivity contribution in [2.75, 3.05) is 0 Å². The number of nitrogens with zero attached hydrogens (tertiary/aromatic N) is 1. The van der Waals surface area contributed by atoms with Crippen LogP contribution in [0, 0.1) is 6.92 Å². The Balaban J connectivity index is 1.70. The molecule has 0 saturated heterocycles. The number of aliphatic imine (C=N–C) groups is 1. The van der Waals surface area contributed by atoms with Crippen molar-refractivity contribution in [3.05, 3.63) is 75.9 Å². The number of rotatable bonds is 4. The maximum atomic E-state index is 12.0. The van der Waals surface area contributed by atoms with Crippen molar-refractivity contribution < 1.29 is 4.79 Å². The van der Waals surface area contributed by atoms with Crippen molar-refractivity contribution in [1.82, 2.24) is 5.32 Å². The first-order valence-corrected chi connectivity index (χ1v) is 7.90. The second-order valence-electron chi connectivity index (χ2n) is 5.58. The van der Waals surface area contributed by atoms with Crippen LogP contribution in [-0.2, 0) is 11.2 Å². The van der Waals surface area contributed by atoms with Gasteiger partial charge < -0.3 is 5.32 Å². The predicted molar refractivity (Wildman–Crippen MR) is 94.5 cm³/mol. The van der Waals surface area contributed by atoms with Gasteiger partial charge in [-0.25, -0.2) is 4.99 Å². The summed E-state index contributed by atoms with van der Waals surface area (Å²) in [5.41, 5.74) is 3.77. The number of carbonyl (C=O) groups is 1. The molecule has 1 aliphatic heterocycles. The van der Waals surface area contributed by atoms with E-state index in [1.54, 1.807) is 0 Å². The van der Waals surface area contributed by atoms with Gasteiger partial charge in [0, 0.05) is 11.4 Å². The summed E-state index contributed by atoms with van der Waals surface area (Å²) >= 11 is 5.88. The Hall–Kier alpha value is -2.39. The SMILES string of the molecule is Cc1cccc(/C=C2/N=C(CCc3ccc(Cl)cc3)NC2=O)c1. The Labute approximate surface area is 140 Å². The summed E-state index contributed by atoms with van der Waals surface area (Å²) in [5.74, 6) is 0.571. The molecule has 0 bridgehead atoms. The van der Waals surface area contributed by atoms with Gasteiger partial charge in [0.25, 0.3) is 5.91 Å². The zero-order valence-corrected chi connectivity index (χ0v) is 13.6. The summed E-state index contributed by atoms with van der Waals surface area (Å²) in [6.07, 6.45) is 3.32. The number of hydrogen-bond donors (Lipinski definition) is 1. The van der Waals surface area contributed by atoms with Crippen LogP contribution in [-0.4, -0.2) is 11.7 Å². The number of hydrogen-bond acceptors (Lipinski definition) is 2. The number of benzene rings is 2. The summed E-state index contributed by atoms with van der Waals surface area (Å²) in [5, 5.41) is 3.56. The molecule has 2 aromatic rings. The number of amides is 1. The first kappa shape index (κ1) is 15.5. The molecule has 4 heteroatoms. The van der Waals surface area contributed by atoms with Gasteiger partial charge in [-0.15, -0.1) is 0 Å². The van der Waals surface area contributed by atoms with Gasteiger partial charge in [0.1, 0.15) is 11.5 Å². The second kappa shape index (κ2) is 6.80. The van der Waals surface area contributed by atoms with Crippen molar-refractivity contribution in [1.29, 1.82) is 0 Å². The lowest BCUT2D eigenvalue weighted by atomic mass is 10.1. The largest absolute Gasteiger partial charge is 0.309 e. The molecule has 1 amide bonds. The summed E-state index contributed by atoms with van der Waals surface area (Å²) in [6.45, 7) is 2.03. The average molecular weight is 325 g/mol. The molecular formula is C19H17ClN2O. The molecule has 0 radical (unpaired) electrons. The van der Waals surface area contributed by atoms with E-state index in [1.807, 2.05) is 61.5 Å². The molecule has 0 spiro atoms. The molecule has 3 rings (SSSR count). The van der Waals surface area contributed by atoms with Crippen LogP contribution >= 0.6 is 11.6 Å². The Morgan fingerprint density at radius 2 is 1.91 bits per heavy atom. The first-order valence-electron chi connectivity index (χ1n) is 7.52. The minimum atomic E-state index is -0.141.